The minimum absolute atomic E-state index is 0.0187. The van der Waals surface area contributed by atoms with E-state index < -0.39 is 23.2 Å². The van der Waals surface area contributed by atoms with Crippen molar-refractivity contribution in [3.63, 3.8) is 0 Å². The molecule has 8 heteroatoms. The van der Waals surface area contributed by atoms with Gasteiger partial charge in [0.25, 0.3) is 11.8 Å². The lowest BCUT2D eigenvalue weighted by atomic mass is 10.1. The van der Waals surface area contributed by atoms with Crippen molar-refractivity contribution in [2.45, 2.75) is 4.90 Å². The van der Waals surface area contributed by atoms with Crippen LogP contribution < -0.4 is 10.6 Å². The number of aromatic hydroxyl groups is 3. The van der Waals surface area contributed by atoms with Gasteiger partial charge in [0.15, 0.2) is 17.2 Å². The van der Waals surface area contributed by atoms with E-state index in [0.717, 1.165) is 12.1 Å². The number of hydrogen-bond donors (Lipinski definition) is 6. The highest BCUT2D eigenvalue weighted by molar-refractivity contribution is 7.80. The summed E-state index contributed by atoms with van der Waals surface area (Å²) in [7, 11) is 0. The molecule has 2 aromatic rings. The quantitative estimate of drug-likeness (QED) is 0.276. The third kappa shape index (κ3) is 4.11. The van der Waals surface area contributed by atoms with Gasteiger partial charge in [-0.05, 0) is 24.3 Å². The van der Waals surface area contributed by atoms with Crippen molar-refractivity contribution in [3.8, 4) is 17.2 Å². The number of hydrogen-bond acceptors (Lipinski definition) is 6. The third-order valence-corrected chi connectivity index (χ3v) is 3.57. The van der Waals surface area contributed by atoms with Crippen LogP contribution in [-0.2, 0) is 0 Å². The van der Waals surface area contributed by atoms with E-state index in [-0.39, 0.29) is 24.6 Å². The number of rotatable bonds is 5. The molecule has 2 aromatic carbocycles. The Labute approximate surface area is 143 Å². The number of benzene rings is 2. The van der Waals surface area contributed by atoms with Gasteiger partial charge in [-0.25, -0.2) is 0 Å². The highest BCUT2D eigenvalue weighted by Gasteiger charge is 2.13. The van der Waals surface area contributed by atoms with E-state index in [4.69, 9.17) is 0 Å². The highest BCUT2D eigenvalue weighted by Crippen LogP contribution is 2.35. The van der Waals surface area contributed by atoms with Crippen molar-refractivity contribution < 1.29 is 24.9 Å². The molecule has 126 valence electrons. The summed E-state index contributed by atoms with van der Waals surface area (Å²) in [6.45, 7) is 0.324. The van der Waals surface area contributed by atoms with Crippen LogP contribution in [0.25, 0.3) is 0 Å². The molecular weight excluding hydrogens is 332 g/mol. The van der Waals surface area contributed by atoms with Gasteiger partial charge in [-0.1, -0.05) is 12.1 Å². The number of amides is 2. The average Bonchev–Trinajstić information content (AvgIpc) is 2.56. The first-order chi connectivity index (χ1) is 11.4. The van der Waals surface area contributed by atoms with Crippen molar-refractivity contribution in [3.05, 3.63) is 47.5 Å². The van der Waals surface area contributed by atoms with Crippen LogP contribution in [0.15, 0.2) is 41.3 Å². The molecule has 0 heterocycles. The molecule has 0 aromatic heterocycles. The first kappa shape index (κ1) is 17.5. The fraction of sp³-hybridized carbons (Fsp3) is 0.125. The Morgan fingerprint density at radius 1 is 0.917 bits per heavy atom. The summed E-state index contributed by atoms with van der Waals surface area (Å²) in [5.74, 6) is -2.76. The summed E-state index contributed by atoms with van der Waals surface area (Å²) in [5.41, 5.74) is 0.412. The first-order valence-electron chi connectivity index (χ1n) is 6.99. The summed E-state index contributed by atoms with van der Waals surface area (Å²) in [5, 5.41) is 33.1. The number of phenols is 3. The lowest BCUT2D eigenvalue weighted by molar-refractivity contribution is 0.0926. The Balaban J connectivity index is 1.85. The summed E-state index contributed by atoms with van der Waals surface area (Å²) in [6, 6.07) is 8.88. The van der Waals surface area contributed by atoms with E-state index in [9.17, 15) is 24.9 Å². The molecule has 0 bridgehead atoms. The Bertz CT molecular complexity index is 756. The maximum atomic E-state index is 11.9. The minimum atomic E-state index is -0.691. The van der Waals surface area contributed by atoms with Crippen LogP contribution in [-0.4, -0.2) is 40.2 Å². The summed E-state index contributed by atoms with van der Waals surface area (Å²) in [4.78, 5) is 24.4. The Morgan fingerprint density at radius 2 is 1.46 bits per heavy atom. The van der Waals surface area contributed by atoms with Crippen molar-refractivity contribution in [2.75, 3.05) is 13.1 Å². The van der Waals surface area contributed by atoms with Crippen molar-refractivity contribution in [1.82, 2.24) is 10.6 Å². The van der Waals surface area contributed by atoms with Gasteiger partial charge in [0.1, 0.15) is 0 Å². The van der Waals surface area contributed by atoms with Crippen LogP contribution >= 0.6 is 12.6 Å². The van der Waals surface area contributed by atoms with Crippen LogP contribution in [0, 0.1) is 0 Å². The van der Waals surface area contributed by atoms with Gasteiger partial charge >= 0.3 is 0 Å². The van der Waals surface area contributed by atoms with Gasteiger partial charge in [-0.2, -0.15) is 0 Å². The Hall–Kier alpha value is -2.87. The molecule has 0 atom stereocenters. The monoisotopic (exact) mass is 348 g/mol. The molecule has 0 saturated heterocycles. The van der Waals surface area contributed by atoms with Crippen molar-refractivity contribution >= 4 is 24.4 Å². The van der Waals surface area contributed by atoms with E-state index in [1.807, 2.05) is 0 Å². The molecule has 0 aliphatic rings. The fourth-order valence-electron chi connectivity index (χ4n) is 1.95. The molecule has 2 rings (SSSR count). The standard InChI is InChI=1S/C16H16N2O5S/c19-11-7-9(8-12(20)14(11)21)15(22)17-5-6-18-16(23)10-3-1-2-4-13(10)24/h1-4,7-8,19-21,24H,5-6H2,(H,17,22)(H,18,23). The molecule has 0 unspecified atom stereocenters. The van der Waals surface area contributed by atoms with Crippen LogP contribution in [0.4, 0.5) is 0 Å². The number of thiol groups is 1. The topological polar surface area (TPSA) is 119 Å². The molecule has 2 amide bonds. The Morgan fingerprint density at radius 3 is 2.04 bits per heavy atom. The maximum absolute atomic E-state index is 11.9. The minimum Gasteiger partial charge on any atom is -0.504 e. The molecule has 0 radical (unpaired) electrons. The molecule has 0 aliphatic carbocycles. The van der Waals surface area contributed by atoms with E-state index in [2.05, 4.69) is 23.3 Å². The second kappa shape index (κ2) is 7.60. The molecule has 5 N–H and O–H groups in total. The molecule has 0 fully saturated rings. The average molecular weight is 348 g/mol. The number of nitrogens with one attached hydrogen (secondary N) is 2. The largest absolute Gasteiger partial charge is 0.504 e. The van der Waals surface area contributed by atoms with Crippen LogP contribution in [0.1, 0.15) is 20.7 Å². The highest BCUT2D eigenvalue weighted by atomic mass is 32.1. The predicted molar refractivity (Wildman–Crippen MR) is 89.8 cm³/mol. The SMILES string of the molecule is O=C(NCCNC(=O)c1ccccc1S)c1cc(O)c(O)c(O)c1. The van der Waals surface area contributed by atoms with E-state index in [0.29, 0.717) is 10.5 Å². The second-order valence-corrected chi connectivity index (χ2v) is 5.37. The zero-order valence-electron chi connectivity index (χ0n) is 12.5. The summed E-state index contributed by atoms with van der Waals surface area (Å²) >= 11 is 4.19. The number of phenolic OH excluding ortho intramolecular Hbond substituents is 3. The van der Waals surface area contributed by atoms with Gasteiger partial charge in [0, 0.05) is 23.5 Å². The van der Waals surface area contributed by atoms with E-state index in [1.165, 1.54) is 0 Å². The van der Waals surface area contributed by atoms with E-state index in [1.54, 1.807) is 24.3 Å². The molecule has 7 nitrogen and oxygen atoms in total. The second-order valence-electron chi connectivity index (χ2n) is 4.89. The Kier molecular flexibility index (Phi) is 5.54. The zero-order chi connectivity index (χ0) is 17.7. The fourth-order valence-corrected chi connectivity index (χ4v) is 2.21. The number of carbonyl (C=O) groups excluding carboxylic acids is 2. The van der Waals surface area contributed by atoms with Gasteiger partial charge in [-0.3, -0.25) is 9.59 Å². The summed E-state index contributed by atoms with van der Waals surface area (Å²) in [6.07, 6.45) is 0. The van der Waals surface area contributed by atoms with Gasteiger partial charge in [0.05, 0.1) is 5.56 Å². The smallest absolute Gasteiger partial charge is 0.252 e. The molecule has 0 saturated carbocycles. The zero-order valence-corrected chi connectivity index (χ0v) is 13.4. The normalized spacial score (nSPS) is 10.2. The van der Waals surface area contributed by atoms with Crippen LogP contribution in [0.5, 0.6) is 17.2 Å². The van der Waals surface area contributed by atoms with Gasteiger partial charge in [0.2, 0.25) is 0 Å². The van der Waals surface area contributed by atoms with Crippen molar-refractivity contribution in [1.29, 1.82) is 0 Å². The van der Waals surface area contributed by atoms with Crippen LogP contribution in [0.2, 0.25) is 0 Å². The van der Waals surface area contributed by atoms with Gasteiger partial charge in [-0.15, -0.1) is 12.6 Å². The van der Waals surface area contributed by atoms with E-state index >= 15 is 0 Å². The predicted octanol–water partition coefficient (Wildman–Crippen LogP) is 1.25. The number of carbonyl (C=O) groups is 2. The molecular formula is C16H16N2O5S. The first-order valence-corrected chi connectivity index (χ1v) is 7.44. The maximum Gasteiger partial charge on any atom is 0.252 e. The third-order valence-electron chi connectivity index (χ3n) is 3.18. The lowest BCUT2D eigenvalue weighted by Gasteiger charge is -2.09. The molecule has 24 heavy (non-hydrogen) atoms. The molecule has 0 spiro atoms. The van der Waals surface area contributed by atoms with Crippen molar-refractivity contribution in [2.24, 2.45) is 0 Å². The van der Waals surface area contributed by atoms with Crippen LogP contribution in [0.3, 0.4) is 0 Å². The molecule has 0 aliphatic heterocycles. The van der Waals surface area contributed by atoms with Gasteiger partial charge < -0.3 is 26.0 Å². The lowest BCUT2D eigenvalue weighted by Crippen LogP contribution is -2.34. The summed E-state index contributed by atoms with van der Waals surface area (Å²) < 4.78 is 0.